The number of hydrogen-bond donors (Lipinski definition) is 0. The summed E-state index contributed by atoms with van der Waals surface area (Å²) in [6, 6.07) is 41.6. The van der Waals surface area contributed by atoms with E-state index in [0.29, 0.717) is 0 Å². The molecule has 1 nitrogen and oxygen atoms in total. The summed E-state index contributed by atoms with van der Waals surface area (Å²) in [6.45, 7) is 0. The molecule has 1 heterocycles. The maximum Gasteiger partial charge on any atom is 0.135 e. The second-order valence-corrected chi connectivity index (χ2v) is 10.0. The molecule has 6 aromatic carbocycles. The molecule has 0 aromatic heterocycles. The number of ether oxygens (including phenoxy) is 1. The molecule has 2 aliphatic rings. The van der Waals surface area contributed by atoms with Crippen LogP contribution in [0.15, 0.2) is 133 Å². The first-order valence-electron chi connectivity index (χ1n) is 12.9. The van der Waals surface area contributed by atoms with Gasteiger partial charge < -0.3 is 4.74 Å². The minimum absolute atomic E-state index is 0.0498. The van der Waals surface area contributed by atoms with Crippen LogP contribution in [-0.4, -0.2) is 6.10 Å². The lowest BCUT2D eigenvalue weighted by atomic mass is 9.78. The van der Waals surface area contributed by atoms with Crippen LogP contribution >= 0.6 is 0 Å². The Morgan fingerprint density at radius 1 is 0.568 bits per heavy atom. The Morgan fingerprint density at radius 2 is 1.16 bits per heavy atom. The summed E-state index contributed by atoms with van der Waals surface area (Å²) in [7, 11) is 0. The van der Waals surface area contributed by atoms with Crippen LogP contribution in [-0.2, 0) is 0 Å². The highest BCUT2D eigenvalue weighted by Gasteiger charge is 2.38. The molecule has 8 rings (SSSR count). The average Bonchev–Trinajstić information content (AvgIpc) is 3.33. The van der Waals surface area contributed by atoms with E-state index in [1.54, 1.807) is 0 Å². The predicted molar refractivity (Wildman–Crippen MR) is 155 cm³/mol. The van der Waals surface area contributed by atoms with E-state index in [-0.39, 0.29) is 12.0 Å². The first-order valence-corrected chi connectivity index (χ1v) is 12.9. The van der Waals surface area contributed by atoms with Gasteiger partial charge in [0.1, 0.15) is 11.9 Å². The molecule has 1 aliphatic carbocycles. The van der Waals surface area contributed by atoms with Gasteiger partial charge in [0.25, 0.3) is 0 Å². The number of fused-ring (bicyclic) bond motifs is 6. The monoisotopic (exact) mass is 472 g/mol. The van der Waals surface area contributed by atoms with Crippen molar-refractivity contribution in [2.24, 2.45) is 0 Å². The molecule has 0 radical (unpaired) electrons. The second kappa shape index (κ2) is 7.94. The van der Waals surface area contributed by atoms with Crippen molar-refractivity contribution in [1.82, 2.24) is 0 Å². The average molecular weight is 473 g/mol. The van der Waals surface area contributed by atoms with Gasteiger partial charge in [-0.05, 0) is 61.1 Å². The van der Waals surface area contributed by atoms with Crippen LogP contribution in [0.25, 0.3) is 49.0 Å². The van der Waals surface area contributed by atoms with Gasteiger partial charge in [0, 0.05) is 17.1 Å². The van der Waals surface area contributed by atoms with Gasteiger partial charge in [-0.25, -0.2) is 0 Å². The molecule has 2 atom stereocenters. The van der Waals surface area contributed by atoms with E-state index in [2.05, 4.69) is 133 Å². The molecule has 0 spiro atoms. The fourth-order valence-electron chi connectivity index (χ4n) is 6.41. The van der Waals surface area contributed by atoms with E-state index < -0.39 is 0 Å². The van der Waals surface area contributed by atoms with Gasteiger partial charge in [0.2, 0.25) is 0 Å². The zero-order chi connectivity index (χ0) is 24.3. The van der Waals surface area contributed by atoms with Gasteiger partial charge in [0.15, 0.2) is 0 Å². The van der Waals surface area contributed by atoms with Crippen molar-refractivity contribution in [3.63, 3.8) is 0 Å². The molecule has 0 N–H and O–H groups in total. The van der Waals surface area contributed by atoms with Crippen LogP contribution < -0.4 is 4.74 Å². The molecule has 0 saturated heterocycles. The van der Waals surface area contributed by atoms with E-state index in [1.165, 1.54) is 60.1 Å². The number of benzene rings is 6. The first kappa shape index (κ1) is 20.6. The molecule has 37 heavy (non-hydrogen) atoms. The zero-order valence-electron chi connectivity index (χ0n) is 20.3. The van der Waals surface area contributed by atoms with E-state index in [1.807, 2.05) is 0 Å². The summed E-state index contributed by atoms with van der Waals surface area (Å²) in [5, 5.41) is 7.62. The maximum absolute atomic E-state index is 6.78. The number of allylic oxidation sites excluding steroid dienone is 2. The lowest BCUT2D eigenvalue weighted by Gasteiger charge is -2.28. The SMILES string of the molecule is C1=CC(c2c3ccccc3c(-c3ccccc3)c3ccccc23)C2Oc3cc4ccccc4cc3C2=C1. The lowest BCUT2D eigenvalue weighted by Crippen LogP contribution is -2.23. The van der Waals surface area contributed by atoms with Crippen molar-refractivity contribution in [2.75, 3.05) is 0 Å². The minimum Gasteiger partial charge on any atom is -0.484 e. The summed E-state index contributed by atoms with van der Waals surface area (Å²) in [5.74, 6) is 1.09. The molecule has 0 saturated carbocycles. The third-order valence-corrected chi connectivity index (χ3v) is 8.01. The van der Waals surface area contributed by atoms with Gasteiger partial charge in [0.05, 0.1) is 0 Å². The highest BCUT2D eigenvalue weighted by Crippen LogP contribution is 2.50. The minimum atomic E-state index is -0.0498. The number of rotatable bonds is 2. The van der Waals surface area contributed by atoms with E-state index >= 15 is 0 Å². The summed E-state index contributed by atoms with van der Waals surface area (Å²) >= 11 is 0. The highest BCUT2D eigenvalue weighted by atomic mass is 16.5. The van der Waals surface area contributed by atoms with Crippen molar-refractivity contribution in [3.8, 4) is 16.9 Å². The van der Waals surface area contributed by atoms with Crippen LogP contribution in [0.4, 0.5) is 0 Å². The Morgan fingerprint density at radius 3 is 1.86 bits per heavy atom. The smallest absolute Gasteiger partial charge is 0.135 e. The molecule has 0 amide bonds. The van der Waals surface area contributed by atoms with E-state index in [9.17, 15) is 0 Å². The zero-order valence-corrected chi connectivity index (χ0v) is 20.3. The van der Waals surface area contributed by atoms with Crippen LogP contribution in [0.5, 0.6) is 5.75 Å². The standard InChI is InChI=1S/C36H24O/c1-2-11-23(12-3-1)34-26-15-6-8-17-28(26)35(29-18-9-7-16-27(29)34)31-20-10-19-30-32-21-24-13-4-5-14-25(24)22-33(32)37-36(30)31/h1-22,31,36H. The third kappa shape index (κ3) is 3.04. The first-order chi connectivity index (χ1) is 18.4. The Labute approximate surface area is 216 Å². The molecular weight excluding hydrogens is 448 g/mol. The fourth-order valence-corrected chi connectivity index (χ4v) is 6.41. The second-order valence-electron chi connectivity index (χ2n) is 10.0. The third-order valence-electron chi connectivity index (χ3n) is 8.01. The Balaban J connectivity index is 1.38. The quantitative estimate of drug-likeness (QED) is 0.228. The van der Waals surface area contributed by atoms with E-state index in [4.69, 9.17) is 4.74 Å². The van der Waals surface area contributed by atoms with Crippen LogP contribution in [0.1, 0.15) is 17.0 Å². The van der Waals surface area contributed by atoms with Gasteiger partial charge in [-0.1, -0.05) is 121 Å². The molecule has 6 aromatic rings. The Kier molecular flexibility index (Phi) is 4.41. The van der Waals surface area contributed by atoms with Crippen molar-refractivity contribution >= 4 is 37.9 Å². The normalized spacial score (nSPS) is 18.0. The molecule has 2 unspecified atom stereocenters. The molecule has 1 aliphatic heterocycles. The largest absolute Gasteiger partial charge is 0.484 e. The van der Waals surface area contributed by atoms with Crippen LogP contribution in [0.2, 0.25) is 0 Å². The predicted octanol–water partition coefficient (Wildman–Crippen LogP) is 9.31. The van der Waals surface area contributed by atoms with Crippen molar-refractivity contribution in [2.45, 2.75) is 12.0 Å². The number of hydrogen-bond acceptors (Lipinski definition) is 1. The Bertz CT molecular complexity index is 1850. The summed E-state index contributed by atoms with van der Waals surface area (Å²) < 4.78 is 6.78. The highest BCUT2D eigenvalue weighted by molar-refractivity contribution is 6.15. The van der Waals surface area contributed by atoms with Crippen molar-refractivity contribution < 1.29 is 4.74 Å². The molecule has 1 heteroatoms. The van der Waals surface area contributed by atoms with Crippen LogP contribution in [0.3, 0.4) is 0 Å². The van der Waals surface area contributed by atoms with Gasteiger partial charge in [-0.2, -0.15) is 0 Å². The summed E-state index contributed by atoms with van der Waals surface area (Å²) in [6.07, 6.45) is 6.74. The fraction of sp³-hybridized carbons (Fsp3) is 0.0556. The van der Waals surface area contributed by atoms with Crippen molar-refractivity contribution in [3.05, 3.63) is 145 Å². The van der Waals surface area contributed by atoms with Gasteiger partial charge >= 0.3 is 0 Å². The topological polar surface area (TPSA) is 9.23 Å². The van der Waals surface area contributed by atoms with Gasteiger partial charge in [-0.15, -0.1) is 0 Å². The summed E-state index contributed by atoms with van der Waals surface area (Å²) in [5.41, 5.74) is 6.38. The maximum atomic E-state index is 6.78. The summed E-state index contributed by atoms with van der Waals surface area (Å²) in [4.78, 5) is 0. The van der Waals surface area contributed by atoms with Crippen LogP contribution in [0, 0.1) is 0 Å². The van der Waals surface area contributed by atoms with Gasteiger partial charge in [-0.3, -0.25) is 0 Å². The molecule has 0 bridgehead atoms. The Hall–Kier alpha value is -4.62. The molecular formula is C36H24O. The lowest BCUT2D eigenvalue weighted by molar-refractivity contribution is 0.260. The molecule has 0 fully saturated rings. The van der Waals surface area contributed by atoms with E-state index in [0.717, 1.165) is 5.75 Å². The van der Waals surface area contributed by atoms with Crippen molar-refractivity contribution in [1.29, 1.82) is 0 Å². The molecule has 174 valence electrons.